The minimum atomic E-state index is -0.391. The second-order valence-electron chi connectivity index (χ2n) is 3.56. The van der Waals surface area contributed by atoms with Crippen molar-refractivity contribution in [2.24, 2.45) is 0 Å². The first kappa shape index (κ1) is 11.5. The van der Waals surface area contributed by atoms with Crippen LogP contribution in [0.2, 0.25) is 0 Å². The molecule has 0 aromatic carbocycles. The molecule has 1 aliphatic heterocycles. The van der Waals surface area contributed by atoms with E-state index in [0.717, 1.165) is 0 Å². The van der Waals surface area contributed by atoms with Gasteiger partial charge in [-0.3, -0.25) is 4.79 Å². The third kappa shape index (κ3) is 1.95. The number of aromatic nitrogens is 1. The van der Waals surface area contributed by atoms with Crippen LogP contribution in [-0.4, -0.2) is 32.6 Å². The summed E-state index contributed by atoms with van der Waals surface area (Å²) in [6.45, 7) is 1.63. The van der Waals surface area contributed by atoms with Gasteiger partial charge in [0.1, 0.15) is 11.7 Å². The zero-order chi connectivity index (χ0) is 11.7. The van der Waals surface area contributed by atoms with Crippen molar-refractivity contribution in [1.82, 2.24) is 4.57 Å². The second-order valence-corrected chi connectivity index (χ2v) is 4.75. The predicted molar refractivity (Wildman–Crippen MR) is 60.6 cm³/mol. The summed E-state index contributed by atoms with van der Waals surface area (Å²) in [5.74, 6) is 0.442. The van der Waals surface area contributed by atoms with Crippen LogP contribution in [0, 0.1) is 6.92 Å². The van der Waals surface area contributed by atoms with Gasteiger partial charge in [0.25, 0.3) is 0 Å². The Bertz CT molecular complexity index is 445. The van der Waals surface area contributed by atoms with Gasteiger partial charge in [-0.2, -0.15) is 0 Å². The van der Waals surface area contributed by atoms with Gasteiger partial charge in [-0.05, 0) is 6.92 Å². The Balaban J connectivity index is 2.29. The van der Waals surface area contributed by atoms with E-state index in [-0.39, 0.29) is 24.0 Å². The molecule has 88 valence electrons. The number of thioether (sulfide) groups is 1. The standard InChI is InChI=1S/C10H13NO4S/c1-6-10(14)7(13)2-3-11(6)8-5-16-9(4-12)15-8/h2-3,8-9,12,14H,4-5H2,1H3/t8-,9-/m1/s1. The Morgan fingerprint density at radius 1 is 1.69 bits per heavy atom. The Morgan fingerprint density at radius 2 is 2.44 bits per heavy atom. The van der Waals surface area contributed by atoms with Crippen LogP contribution in [0.25, 0.3) is 0 Å². The summed E-state index contributed by atoms with van der Waals surface area (Å²) in [5.41, 5.74) is -0.138. The third-order valence-electron chi connectivity index (χ3n) is 2.54. The first-order chi connectivity index (χ1) is 7.63. The third-order valence-corrected chi connectivity index (χ3v) is 3.65. The lowest BCUT2D eigenvalue weighted by Gasteiger charge is -2.18. The van der Waals surface area contributed by atoms with E-state index in [1.807, 2.05) is 0 Å². The lowest BCUT2D eigenvalue weighted by Crippen LogP contribution is -2.18. The average molecular weight is 243 g/mol. The van der Waals surface area contributed by atoms with Crippen molar-refractivity contribution in [3.8, 4) is 5.75 Å². The summed E-state index contributed by atoms with van der Waals surface area (Å²) in [6, 6.07) is 1.31. The molecule has 0 spiro atoms. The molecule has 0 saturated carbocycles. The number of hydrogen-bond acceptors (Lipinski definition) is 5. The normalized spacial score (nSPS) is 24.9. The number of pyridine rings is 1. The zero-order valence-corrected chi connectivity index (χ0v) is 9.61. The highest BCUT2D eigenvalue weighted by atomic mass is 32.2. The van der Waals surface area contributed by atoms with Crippen molar-refractivity contribution >= 4 is 11.8 Å². The molecule has 1 saturated heterocycles. The first-order valence-corrected chi connectivity index (χ1v) is 5.97. The van der Waals surface area contributed by atoms with E-state index >= 15 is 0 Å². The fourth-order valence-corrected chi connectivity index (χ4v) is 2.57. The van der Waals surface area contributed by atoms with E-state index in [1.54, 1.807) is 17.7 Å². The van der Waals surface area contributed by atoms with Crippen molar-refractivity contribution in [2.75, 3.05) is 12.4 Å². The number of aliphatic hydroxyl groups is 1. The van der Waals surface area contributed by atoms with Crippen LogP contribution in [0.3, 0.4) is 0 Å². The van der Waals surface area contributed by atoms with Gasteiger partial charge < -0.3 is 19.5 Å². The SMILES string of the molecule is Cc1c(O)c(=O)ccn1[C@H]1CS[C@H](CO)O1. The van der Waals surface area contributed by atoms with E-state index in [1.165, 1.54) is 17.8 Å². The topological polar surface area (TPSA) is 71.7 Å². The molecule has 2 atom stereocenters. The average Bonchev–Trinajstić information content (AvgIpc) is 2.74. The number of aliphatic hydroxyl groups excluding tert-OH is 1. The lowest BCUT2D eigenvalue weighted by molar-refractivity contribution is -0.00539. The molecular formula is C10H13NO4S. The Morgan fingerprint density at radius 3 is 3.06 bits per heavy atom. The maximum Gasteiger partial charge on any atom is 0.223 e. The van der Waals surface area contributed by atoms with E-state index < -0.39 is 5.43 Å². The fourth-order valence-electron chi connectivity index (χ4n) is 1.64. The number of nitrogens with zero attached hydrogens (tertiary/aromatic N) is 1. The Hall–Kier alpha value is -0.980. The molecule has 6 heteroatoms. The van der Waals surface area contributed by atoms with Gasteiger partial charge in [-0.15, -0.1) is 11.8 Å². The highest BCUT2D eigenvalue weighted by molar-refractivity contribution is 8.00. The molecule has 1 aliphatic rings. The highest BCUT2D eigenvalue weighted by Crippen LogP contribution is 2.32. The first-order valence-electron chi connectivity index (χ1n) is 4.92. The number of hydrogen-bond donors (Lipinski definition) is 2. The maximum atomic E-state index is 11.2. The van der Waals surface area contributed by atoms with E-state index in [0.29, 0.717) is 11.4 Å². The van der Waals surface area contributed by atoms with Gasteiger partial charge in [-0.25, -0.2) is 0 Å². The molecule has 1 fully saturated rings. The largest absolute Gasteiger partial charge is 0.503 e. The molecular weight excluding hydrogens is 230 g/mol. The molecule has 0 amide bonds. The van der Waals surface area contributed by atoms with Crippen LogP contribution in [-0.2, 0) is 4.74 Å². The smallest absolute Gasteiger partial charge is 0.223 e. The Kier molecular flexibility index (Phi) is 3.22. The van der Waals surface area contributed by atoms with Crippen LogP contribution in [0.1, 0.15) is 11.9 Å². The zero-order valence-electron chi connectivity index (χ0n) is 8.79. The minimum Gasteiger partial charge on any atom is -0.503 e. The monoisotopic (exact) mass is 243 g/mol. The van der Waals surface area contributed by atoms with Crippen molar-refractivity contribution in [1.29, 1.82) is 0 Å². The molecule has 0 unspecified atom stereocenters. The second kappa shape index (κ2) is 4.48. The quantitative estimate of drug-likeness (QED) is 0.788. The maximum absolute atomic E-state index is 11.2. The van der Waals surface area contributed by atoms with E-state index in [9.17, 15) is 9.90 Å². The predicted octanol–water partition coefficient (Wildman–Crippen LogP) is 0.443. The number of ether oxygens (including phenoxy) is 1. The van der Waals surface area contributed by atoms with Gasteiger partial charge in [0.2, 0.25) is 5.43 Å². The lowest BCUT2D eigenvalue weighted by atomic mass is 10.3. The number of rotatable bonds is 2. The van der Waals surface area contributed by atoms with Gasteiger partial charge in [0.05, 0.1) is 12.3 Å². The van der Waals surface area contributed by atoms with Crippen LogP contribution in [0.5, 0.6) is 5.75 Å². The molecule has 2 rings (SSSR count). The fraction of sp³-hybridized carbons (Fsp3) is 0.500. The molecule has 2 heterocycles. The van der Waals surface area contributed by atoms with Crippen LogP contribution in [0.4, 0.5) is 0 Å². The minimum absolute atomic E-state index is 0.0353. The molecule has 16 heavy (non-hydrogen) atoms. The molecule has 0 aliphatic carbocycles. The number of aromatic hydroxyl groups is 1. The van der Waals surface area contributed by atoms with Crippen LogP contribution in [0.15, 0.2) is 17.1 Å². The van der Waals surface area contributed by atoms with Gasteiger partial charge >= 0.3 is 0 Å². The summed E-state index contributed by atoms with van der Waals surface area (Å²) < 4.78 is 7.24. The highest BCUT2D eigenvalue weighted by Gasteiger charge is 2.27. The molecule has 5 nitrogen and oxygen atoms in total. The van der Waals surface area contributed by atoms with Crippen molar-refractivity contribution in [3.63, 3.8) is 0 Å². The van der Waals surface area contributed by atoms with Crippen LogP contribution < -0.4 is 5.43 Å². The van der Waals surface area contributed by atoms with E-state index in [2.05, 4.69) is 0 Å². The van der Waals surface area contributed by atoms with Crippen molar-refractivity contribution < 1.29 is 14.9 Å². The van der Waals surface area contributed by atoms with Crippen LogP contribution >= 0.6 is 11.8 Å². The van der Waals surface area contributed by atoms with Gasteiger partial charge in [-0.1, -0.05) is 0 Å². The summed E-state index contributed by atoms with van der Waals surface area (Å²) in [6.07, 6.45) is 1.36. The summed E-state index contributed by atoms with van der Waals surface area (Å²) in [4.78, 5) is 11.2. The van der Waals surface area contributed by atoms with Gasteiger partial charge in [0.15, 0.2) is 5.75 Å². The summed E-state index contributed by atoms with van der Waals surface area (Å²) in [7, 11) is 0. The summed E-state index contributed by atoms with van der Waals surface area (Å²) >= 11 is 1.51. The molecule has 0 radical (unpaired) electrons. The summed E-state index contributed by atoms with van der Waals surface area (Å²) in [5, 5.41) is 18.5. The molecule has 1 aromatic heterocycles. The molecule has 0 bridgehead atoms. The van der Waals surface area contributed by atoms with Crippen molar-refractivity contribution in [2.45, 2.75) is 18.6 Å². The van der Waals surface area contributed by atoms with Crippen molar-refractivity contribution in [3.05, 3.63) is 28.2 Å². The Labute approximate surface area is 96.7 Å². The molecule has 2 N–H and O–H groups in total. The molecule has 1 aromatic rings. The van der Waals surface area contributed by atoms with Gasteiger partial charge in [0, 0.05) is 18.0 Å². The van der Waals surface area contributed by atoms with E-state index in [4.69, 9.17) is 9.84 Å².